The third kappa shape index (κ3) is 4.22. The topological polar surface area (TPSA) is 25.2 Å². The number of nitrogens with one attached hydrogen (secondary N) is 1. The Kier molecular flexibility index (Phi) is 5.44. The Labute approximate surface area is 129 Å². The summed E-state index contributed by atoms with van der Waals surface area (Å²) < 4.78 is 7.06. The van der Waals surface area contributed by atoms with Crippen LogP contribution in [0.4, 0.5) is 0 Å². The molecule has 2 aromatic rings. The third-order valence-electron chi connectivity index (χ3n) is 3.24. The number of furan rings is 1. The van der Waals surface area contributed by atoms with Crippen molar-refractivity contribution in [1.82, 2.24) is 5.32 Å². The smallest absolute Gasteiger partial charge is 0.134 e. The van der Waals surface area contributed by atoms with Crippen molar-refractivity contribution in [3.05, 3.63) is 46.1 Å². The molecule has 1 aromatic carbocycles. The van der Waals surface area contributed by atoms with Gasteiger partial charge in [0.2, 0.25) is 0 Å². The molecule has 0 saturated carbocycles. The molecule has 1 heterocycles. The summed E-state index contributed by atoms with van der Waals surface area (Å²) in [7, 11) is 0. The fourth-order valence-corrected chi connectivity index (χ4v) is 2.89. The van der Waals surface area contributed by atoms with Gasteiger partial charge in [-0.05, 0) is 62.7 Å². The van der Waals surface area contributed by atoms with Crippen molar-refractivity contribution < 1.29 is 4.42 Å². The Balaban J connectivity index is 2.08. The standard InChI is InChI=1S/C17H22BrNO/c1-4-7-19-13(3)10-16-5-6-17(20-16)14-8-12(2)9-15(18)11-14/h5-6,8-9,11,13,19H,4,7,10H2,1-3H3. The maximum atomic E-state index is 5.97. The Morgan fingerprint density at radius 1 is 1.25 bits per heavy atom. The Hall–Kier alpha value is -1.06. The van der Waals surface area contributed by atoms with E-state index in [1.54, 1.807) is 0 Å². The van der Waals surface area contributed by atoms with Gasteiger partial charge in [0.05, 0.1) is 0 Å². The number of hydrogen-bond donors (Lipinski definition) is 1. The molecule has 2 rings (SSSR count). The summed E-state index contributed by atoms with van der Waals surface area (Å²) in [6, 6.07) is 10.9. The van der Waals surface area contributed by atoms with Gasteiger partial charge in [0.15, 0.2) is 0 Å². The van der Waals surface area contributed by atoms with Crippen molar-refractivity contribution >= 4 is 15.9 Å². The molecule has 0 saturated heterocycles. The first-order valence-corrected chi connectivity index (χ1v) is 7.97. The Morgan fingerprint density at radius 2 is 2.05 bits per heavy atom. The second-order valence-electron chi connectivity index (χ2n) is 5.34. The molecule has 1 unspecified atom stereocenters. The highest BCUT2D eigenvalue weighted by molar-refractivity contribution is 9.10. The molecule has 0 amide bonds. The molecular weight excluding hydrogens is 314 g/mol. The Morgan fingerprint density at radius 3 is 2.75 bits per heavy atom. The van der Waals surface area contributed by atoms with E-state index in [0.29, 0.717) is 6.04 Å². The second-order valence-corrected chi connectivity index (χ2v) is 6.26. The van der Waals surface area contributed by atoms with Crippen molar-refractivity contribution in [2.24, 2.45) is 0 Å². The zero-order chi connectivity index (χ0) is 14.5. The van der Waals surface area contributed by atoms with Gasteiger partial charge in [0, 0.05) is 22.5 Å². The van der Waals surface area contributed by atoms with Gasteiger partial charge in [-0.3, -0.25) is 0 Å². The largest absolute Gasteiger partial charge is 0.461 e. The average Bonchev–Trinajstić information content (AvgIpc) is 2.83. The van der Waals surface area contributed by atoms with Crippen LogP contribution in [0.2, 0.25) is 0 Å². The summed E-state index contributed by atoms with van der Waals surface area (Å²) in [6.07, 6.45) is 2.08. The minimum atomic E-state index is 0.443. The van der Waals surface area contributed by atoms with Gasteiger partial charge < -0.3 is 9.73 Å². The molecule has 1 N–H and O–H groups in total. The van der Waals surface area contributed by atoms with Crippen LogP contribution < -0.4 is 5.32 Å². The minimum absolute atomic E-state index is 0.443. The fourth-order valence-electron chi connectivity index (χ4n) is 2.29. The van der Waals surface area contributed by atoms with Gasteiger partial charge in [0.25, 0.3) is 0 Å². The van der Waals surface area contributed by atoms with Crippen LogP contribution in [0.5, 0.6) is 0 Å². The van der Waals surface area contributed by atoms with E-state index < -0.39 is 0 Å². The van der Waals surface area contributed by atoms with Gasteiger partial charge in [-0.2, -0.15) is 0 Å². The third-order valence-corrected chi connectivity index (χ3v) is 3.70. The predicted octanol–water partition coefficient (Wildman–Crippen LogP) is 4.95. The van der Waals surface area contributed by atoms with Crippen LogP contribution in [0.1, 0.15) is 31.6 Å². The van der Waals surface area contributed by atoms with E-state index in [2.05, 4.69) is 72.3 Å². The number of halogens is 1. The number of rotatable bonds is 6. The SMILES string of the molecule is CCCNC(C)Cc1ccc(-c2cc(C)cc(Br)c2)o1. The number of aryl methyl sites for hydroxylation is 1. The Bertz CT molecular complexity index is 542. The van der Waals surface area contributed by atoms with E-state index in [0.717, 1.165) is 40.9 Å². The maximum absolute atomic E-state index is 5.97. The van der Waals surface area contributed by atoms with Gasteiger partial charge in [-0.15, -0.1) is 0 Å². The molecule has 20 heavy (non-hydrogen) atoms. The fraction of sp³-hybridized carbons (Fsp3) is 0.412. The van der Waals surface area contributed by atoms with E-state index in [-0.39, 0.29) is 0 Å². The first kappa shape index (κ1) is 15.3. The van der Waals surface area contributed by atoms with Gasteiger partial charge >= 0.3 is 0 Å². The minimum Gasteiger partial charge on any atom is -0.461 e. The second kappa shape index (κ2) is 7.09. The van der Waals surface area contributed by atoms with Gasteiger partial charge in [0.1, 0.15) is 11.5 Å². The lowest BCUT2D eigenvalue weighted by atomic mass is 10.1. The first-order chi connectivity index (χ1) is 9.58. The van der Waals surface area contributed by atoms with E-state index in [1.165, 1.54) is 5.56 Å². The number of hydrogen-bond acceptors (Lipinski definition) is 2. The zero-order valence-corrected chi connectivity index (χ0v) is 14.0. The molecule has 0 fully saturated rings. The molecular formula is C17H22BrNO. The normalized spacial score (nSPS) is 12.6. The molecule has 108 valence electrons. The summed E-state index contributed by atoms with van der Waals surface area (Å²) in [5, 5.41) is 3.48. The molecule has 2 nitrogen and oxygen atoms in total. The summed E-state index contributed by atoms with van der Waals surface area (Å²) >= 11 is 3.53. The molecule has 0 aliphatic heterocycles. The van der Waals surface area contributed by atoms with Crippen molar-refractivity contribution in [2.75, 3.05) is 6.54 Å². The molecule has 1 atom stereocenters. The van der Waals surface area contributed by atoms with Crippen LogP contribution in [-0.4, -0.2) is 12.6 Å². The van der Waals surface area contributed by atoms with E-state index >= 15 is 0 Å². The van der Waals surface area contributed by atoms with Crippen molar-refractivity contribution in [1.29, 1.82) is 0 Å². The molecule has 0 aliphatic rings. The lowest BCUT2D eigenvalue weighted by Gasteiger charge is -2.11. The van der Waals surface area contributed by atoms with Crippen molar-refractivity contribution in [3.63, 3.8) is 0 Å². The quantitative estimate of drug-likeness (QED) is 0.808. The maximum Gasteiger partial charge on any atom is 0.134 e. The highest BCUT2D eigenvalue weighted by atomic mass is 79.9. The lowest BCUT2D eigenvalue weighted by molar-refractivity contribution is 0.464. The van der Waals surface area contributed by atoms with Gasteiger partial charge in [-0.1, -0.05) is 22.9 Å². The highest BCUT2D eigenvalue weighted by Crippen LogP contribution is 2.27. The molecule has 0 radical (unpaired) electrons. The molecule has 3 heteroatoms. The highest BCUT2D eigenvalue weighted by Gasteiger charge is 2.09. The molecule has 0 aliphatic carbocycles. The summed E-state index contributed by atoms with van der Waals surface area (Å²) in [6.45, 7) is 7.52. The first-order valence-electron chi connectivity index (χ1n) is 7.18. The number of benzene rings is 1. The lowest BCUT2D eigenvalue weighted by Crippen LogP contribution is -2.28. The molecule has 0 spiro atoms. The van der Waals surface area contributed by atoms with Crippen molar-refractivity contribution in [2.45, 2.75) is 39.7 Å². The molecule has 0 bridgehead atoms. The summed E-state index contributed by atoms with van der Waals surface area (Å²) in [5.74, 6) is 1.97. The molecule has 1 aromatic heterocycles. The van der Waals surface area contributed by atoms with Gasteiger partial charge in [-0.25, -0.2) is 0 Å². The average molecular weight is 336 g/mol. The van der Waals surface area contributed by atoms with E-state index in [1.807, 2.05) is 0 Å². The van der Waals surface area contributed by atoms with E-state index in [4.69, 9.17) is 4.42 Å². The van der Waals surface area contributed by atoms with Crippen LogP contribution >= 0.6 is 15.9 Å². The van der Waals surface area contributed by atoms with Crippen LogP contribution in [0, 0.1) is 6.92 Å². The summed E-state index contributed by atoms with van der Waals surface area (Å²) in [5.41, 5.74) is 2.35. The summed E-state index contributed by atoms with van der Waals surface area (Å²) in [4.78, 5) is 0. The van der Waals surface area contributed by atoms with Crippen LogP contribution in [0.25, 0.3) is 11.3 Å². The van der Waals surface area contributed by atoms with Crippen LogP contribution in [-0.2, 0) is 6.42 Å². The van der Waals surface area contributed by atoms with Crippen LogP contribution in [0.15, 0.2) is 39.2 Å². The monoisotopic (exact) mass is 335 g/mol. The van der Waals surface area contributed by atoms with E-state index in [9.17, 15) is 0 Å². The van der Waals surface area contributed by atoms with Crippen molar-refractivity contribution in [3.8, 4) is 11.3 Å². The van der Waals surface area contributed by atoms with Crippen LogP contribution in [0.3, 0.4) is 0 Å². The predicted molar refractivity (Wildman–Crippen MR) is 88.0 cm³/mol. The zero-order valence-electron chi connectivity index (χ0n) is 12.4.